The number of hydrogen-bond donors (Lipinski definition) is 3. The Balaban J connectivity index is 1.70. The van der Waals surface area contributed by atoms with Crippen LogP contribution < -0.4 is 11.0 Å². The van der Waals surface area contributed by atoms with Crippen LogP contribution in [0, 0.1) is 0 Å². The van der Waals surface area contributed by atoms with Gasteiger partial charge in [0.2, 0.25) is 0 Å². The first-order chi connectivity index (χ1) is 10.2. The van der Waals surface area contributed by atoms with Crippen LogP contribution in [-0.2, 0) is 0 Å². The number of imidazole rings is 1. The fraction of sp³-hybridized carbons (Fsp3) is 0.533. The van der Waals surface area contributed by atoms with E-state index in [4.69, 9.17) is 0 Å². The summed E-state index contributed by atoms with van der Waals surface area (Å²) < 4.78 is 0.987. The molecule has 1 saturated heterocycles. The van der Waals surface area contributed by atoms with Gasteiger partial charge >= 0.3 is 5.69 Å². The van der Waals surface area contributed by atoms with Crippen LogP contribution in [0.5, 0.6) is 0 Å². The van der Waals surface area contributed by atoms with Crippen LogP contribution in [0.15, 0.2) is 21.4 Å². The van der Waals surface area contributed by atoms with Crippen molar-refractivity contribution < 1.29 is 0 Å². The van der Waals surface area contributed by atoms with Crippen LogP contribution in [-0.4, -0.2) is 40.5 Å². The number of hydrogen-bond acceptors (Lipinski definition) is 3. The van der Waals surface area contributed by atoms with Gasteiger partial charge in [-0.25, -0.2) is 4.79 Å². The van der Waals surface area contributed by atoms with Gasteiger partial charge in [0.1, 0.15) is 0 Å². The van der Waals surface area contributed by atoms with Gasteiger partial charge in [0.05, 0.1) is 16.7 Å². The van der Waals surface area contributed by atoms with Crippen molar-refractivity contribution in [3.8, 4) is 0 Å². The maximum atomic E-state index is 11.3. The second-order valence-electron chi connectivity index (χ2n) is 5.72. The Kier molecular flexibility index (Phi) is 4.35. The molecule has 1 aromatic heterocycles. The first-order valence-corrected chi connectivity index (χ1v) is 8.35. The molecule has 0 unspecified atom stereocenters. The molecule has 2 heterocycles. The minimum atomic E-state index is -0.165. The highest BCUT2D eigenvalue weighted by molar-refractivity contribution is 9.10. The van der Waals surface area contributed by atoms with E-state index < -0.39 is 0 Å². The number of anilines is 1. The molecule has 0 spiro atoms. The van der Waals surface area contributed by atoms with E-state index in [1.165, 1.54) is 13.0 Å². The van der Waals surface area contributed by atoms with Crippen molar-refractivity contribution >= 4 is 32.7 Å². The molecule has 0 atom stereocenters. The van der Waals surface area contributed by atoms with E-state index >= 15 is 0 Å². The van der Waals surface area contributed by atoms with Gasteiger partial charge in [0.15, 0.2) is 0 Å². The number of halogens is 1. The number of aromatic amines is 2. The average Bonchev–Trinajstić information content (AvgIpc) is 2.81. The molecule has 1 fully saturated rings. The Morgan fingerprint density at radius 2 is 1.95 bits per heavy atom. The van der Waals surface area contributed by atoms with Crippen LogP contribution >= 0.6 is 15.9 Å². The normalized spacial score (nSPS) is 17.4. The first-order valence-electron chi connectivity index (χ1n) is 7.56. The Labute approximate surface area is 132 Å². The molecule has 2 aromatic rings. The van der Waals surface area contributed by atoms with Gasteiger partial charge < -0.3 is 20.2 Å². The third-order valence-corrected chi connectivity index (χ3v) is 4.75. The Morgan fingerprint density at radius 3 is 2.62 bits per heavy atom. The number of H-pyrrole nitrogens is 2. The largest absolute Gasteiger partial charge is 0.381 e. The standard InChI is InChI=1S/C15H21BrN4O/c1-2-5-20-6-3-10(4-7-20)17-12-9-14-13(8-11(12)16)18-15(21)19-14/h8-10,17H,2-7H2,1H3,(H2,18,19,21). The van der Waals surface area contributed by atoms with Crippen LogP contribution in [0.4, 0.5) is 5.69 Å². The van der Waals surface area contributed by atoms with Gasteiger partial charge in [-0.3, -0.25) is 0 Å². The van der Waals surface area contributed by atoms with Crippen LogP contribution in [0.25, 0.3) is 11.0 Å². The molecule has 0 aliphatic carbocycles. The van der Waals surface area contributed by atoms with Gasteiger partial charge in [0, 0.05) is 23.6 Å². The topological polar surface area (TPSA) is 63.9 Å². The molecule has 0 bridgehead atoms. The first kappa shape index (κ1) is 14.7. The summed E-state index contributed by atoms with van der Waals surface area (Å²) >= 11 is 3.58. The fourth-order valence-corrected chi connectivity index (χ4v) is 3.46. The van der Waals surface area contributed by atoms with E-state index in [2.05, 4.69) is 43.0 Å². The Bertz CT molecular complexity index is 670. The monoisotopic (exact) mass is 352 g/mol. The SMILES string of the molecule is CCCN1CCC(Nc2cc3[nH]c(=O)[nH]c3cc2Br)CC1. The van der Waals surface area contributed by atoms with Gasteiger partial charge in [-0.2, -0.15) is 0 Å². The second kappa shape index (κ2) is 6.23. The minimum absolute atomic E-state index is 0.165. The third-order valence-electron chi connectivity index (χ3n) is 4.09. The molecule has 0 radical (unpaired) electrons. The number of aromatic nitrogens is 2. The van der Waals surface area contributed by atoms with E-state index in [-0.39, 0.29) is 5.69 Å². The molecule has 0 saturated carbocycles. The van der Waals surface area contributed by atoms with Gasteiger partial charge in [0.25, 0.3) is 0 Å². The number of nitrogens with one attached hydrogen (secondary N) is 3. The van der Waals surface area contributed by atoms with E-state index in [1.54, 1.807) is 0 Å². The van der Waals surface area contributed by atoms with Crippen molar-refractivity contribution in [2.75, 3.05) is 25.0 Å². The van der Waals surface area contributed by atoms with Crippen LogP contribution in [0.2, 0.25) is 0 Å². The summed E-state index contributed by atoms with van der Waals surface area (Å²) in [5.74, 6) is 0. The summed E-state index contributed by atoms with van der Waals surface area (Å²) in [4.78, 5) is 19.5. The lowest BCUT2D eigenvalue weighted by molar-refractivity contribution is 0.219. The lowest BCUT2D eigenvalue weighted by Gasteiger charge is -2.32. The third kappa shape index (κ3) is 3.32. The molecule has 1 aliphatic rings. The van der Waals surface area contributed by atoms with Crippen molar-refractivity contribution in [3.05, 3.63) is 27.1 Å². The van der Waals surface area contributed by atoms with Gasteiger partial charge in [-0.05, 0) is 53.9 Å². The lowest BCUT2D eigenvalue weighted by Crippen LogP contribution is -2.39. The van der Waals surface area contributed by atoms with Gasteiger partial charge in [-0.15, -0.1) is 0 Å². The van der Waals surface area contributed by atoms with Crippen molar-refractivity contribution in [3.63, 3.8) is 0 Å². The molecular formula is C15H21BrN4O. The molecule has 0 amide bonds. The van der Waals surface area contributed by atoms with Crippen molar-refractivity contribution in [2.24, 2.45) is 0 Å². The maximum Gasteiger partial charge on any atom is 0.323 e. The molecule has 5 nitrogen and oxygen atoms in total. The molecule has 3 N–H and O–H groups in total. The molecule has 3 rings (SSSR count). The summed E-state index contributed by atoms with van der Waals surface area (Å²) in [5.41, 5.74) is 2.55. The van der Waals surface area contributed by atoms with E-state index in [9.17, 15) is 4.79 Å². The molecule has 6 heteroatoms. The van der Waals surface area contributed by atoms with Crippen LogP contribution in [0.3, 0.4) is 0 Å². The summed E-state index contributed by atoms with van der Waals surface area (Å²) in [6.07, 6.45) is 3.55. The molecule has 114 valence electrons. The smallest absolute Gasteiger partial charge is 0.323 e. The average molecular weight is 353 g/mol. The van der Waals surface area contributed by atoms with Gasteiger partial charge in [-0.1, -0.05) is 6.92 Å². The lowest BCUT2D eigenvalue weighted by atomic mass is 10.0. The molecule has 21 heavy (non-hydrogen) atoms. The van der Waals surface area contributed by atoms with Crippen molar-refractivity contribution in [1.29, 1.82) is 0 Å². The molecule has 1 aromatic carbocycles. The maximum absolute atomic E-state index is 11.3. The highest BCUT2D eigenvalue weighted by Crippen LogP contribution is 2.28. The predicted octanol–water partition coefficient (Wildman–Crippen LogP) is 2.91. The summed E-state index contributed by atoms with van der Waals surface area (Å²) in [7, 11) is 0. The summed E-state index contributed by atoms with van der Waals surface area (Å²) in [6, 6.07) is 4.44. The molecular weight excluding hydrogens is 332 g/mol. The zero-order chi connectivity index (χ0) is 14.8. The molecule has 1 aliphatic heterocycles. The predicted molar refractivity (Wildman–Crippen MR) is 90.0 cm³/mol. The van der Waals surface area contributed by atoms with Crippen molar-refractivity contribution in [2.45, 2.75) is 32.2 Å². The van der Waals surface area contributed by atoms with Crippen LogP contribution in [0.1, 0.15) is 26.2 Å². The minimum Gasteiger partial charge on any atom is -0.381 e. The Morgan fingerprint density at radius 1 is 1.29 bits per heavy atom. The second-order valence-corrected chi connectivity index (χ2v) is 6.57. The quantitative estimate of drug-likeness (QED) is 0.792. The fourth-order valence-electron chi connectivity index (χ4n) is 3.00. The number of benzene rings is 1. The number of nitrogens with zero attached hydrogens (tertiary/aromatic N) is 1. The van der Waals surface area contributed by atoms with E-state index in [0.717, 1.165) is 47.1 Å². The Hall–Kier alpha value is -1.27. The highest BCUT2D eigenvalue weighted by atomic mass is 79.9. The number of rotatable bonds is 4. The number of likely N-dealkylation sites (tertiary alicyclic amines) is 1. The summed E-state index contributed by atoms with van der Waals surface area (Å²) in [5, 5.41) is 3.60. The zero-order valence-corrected chi connectivity index (χ0v) is 13.8. The number of piperidine rings is 1. The van der Waals surface area contributed by atoms with E-state index in [0.29, 0.717) is 6.04 Å². The van der Waals surface area contributed by atoms with Crippen molar-refractivity contribution in [1.82, 2.24) is 14.9 Å². The highest BCUT2D eigenvalue weighted by Gasteiger charge is 2.19. The zero-order valence-electron chi connectivity index (χ0n) is 12.2. The summed E-state index contributed by atoms with van der Waals surface area (Å²) in [6.45, 7) is 5.75. The van der Waals surface area contributed by atoms with E-state index in [1.807, 2.05) is 12.1 Å². The number of fused-ring (bicyclic) bond motifs is 1.